The molecule has 2 heterocycles. The normalized spacial score (nSPS) is 18.2. The van der Waals surface area contributed by atoms with Crippen molar-refractivity contribution in [2.75, 3.05) is 30.4 Å². The summed E-state index contributed by atoms with van der Waals surface area (Å²) < 4.78 is 20.8. The summed E-state index contributed by atoms with van der Waals surface area (Å²) in [6.07, 6.45) is -1.60. The van der Waals surface area contributed by atoms with Crippen molar-refractivity contribution >= 4 is 47.0 Å². The van der Waals surface area contributed by atoms with E-state index in [-0.39, 0.29) is 47.8 Å². The molecule has 12 heteroatoms. The molecule has 5 rings (SSSR count). The van der Waals surface area contributed by atoms with Gasteiger partial charge in [0.1, 0.15) is 6.04 Å². The molecule has 0 aliphatic carbocycles. The fourth-order valence-corrected chi connectivity index (χ4v) is 5.34. The highest BCUT2D eigenvalue weighted by Crippen LogP contribution is 2.45. The maximum Gasteiger partial charge on any atom is 0.412 e. The Morgan fingerprint density at radius 3 is 2.54 bits per heavy atom. The van der Waals surface area contributed by atoms with Crippen LogP contribution in [-0.2, 0) is 21.6 Å². The average molecular weight is 581 g/mol. The van der Waals surface area contributed by atoms with Crippen LogP contribution in [0.5, 0.6) is 0 Å². The average Bonchev–Trinajstić information content (AvgIpc) is 3.37. The van der Waals surface area contributed by atoms with Crippen molar-refractivity contribution in [2.24, 2.45) is 0 Å². The van der Waals surface area contributed by atoms with Crippen molar-refractivity contribution in [3.05, 3.63) is 94.3 Å². The number of ether oxygens (including phenoxy) is 1. The fourth-order valence-electron chi connectivity index (χ4n) is 5.18. The molecule has 10 nitrogen and oxygen atoms in total. The largest absolute Gasteiger partial charge is 0.465 e. The van der Waals surface area contributed by atoms with Crippen LogP contribution in [0.25, 0.3) is 0 Å². The summed E-state index contributed by atoms with van der Waals surface area (Å²) in [7, 11) is 1.38. The van der Waals surface area contributed by atoms with E-state index in [0.717, 1.165) is 10.5 Å². The van der Waals surface area contributed by atoms with Gasteiger partial charge in [0.25, 0.3) is 5.91 Å². The van der Waals surface area contributed by atoms with Gasteiger partial charge in [-0.2, -0.15) is 0 Å². The van der Waals surface area contributed by atoms with E-state index in [2.05, 4.69) is 10.6 Å². The summed E-state index contributed by atoms with van der Waals surface area (Å²) in [4.78, 5) is 53.1. The third kappa shape index (κ3) is 5.53. The van der Waals surface area contributed by atoms with Gasteiger partial charge in [-0.15, -0.1) is 0 Å². The van der Waals surface area contributed by atoms with Gasteiger partial charge in [-0.05, 0) is 42.0 Å². The molecule has 0 radical (unpaired) electrons. The maximum absolute atomic E-state index is 15.2. The number of anilines is 2. The van der Waals surface area contributed by atoms with Crippen molar-refractivity contribution in [1.29, 1.82) is 0 Å². The lowest BCUT2D eigenvalue weighted by Gasteiger charge is -2.36. The molecule has 3 aromatic carbocycles. The third-order valence-electron chi connectivity index (χ3n) is 7.31. The van der Waals surface area contributed by atoms with E-state index in [0.29, 0.717) is 5.69 Å². The number of hydrogen-bond acceptors (Lipinski definition) is 5. The van der Waals surface area contributed by atoms with Gasteiger partial charge < -0.3 is 20.1 Å². The number of hydrogen-bond donors (Lipinski definition) is 3. The molecule has 212 valence electrons. The Hall–Kier alpha value is -4.64. The van der Waals surface area contributed by atoms with Crippen molar-refractivity contribution in [1.82, 2.24) is 10.2 Å². The summed E-state index contributed by atoms with van der Waals surface area (Å²) >= 11 is 6.04. The van der Waals surface area contributed by atoms with Crippen LogP contribution in [0.3, 0.4) is 0 Å². The minimum atomic E-state index is -1.43. The molecule has 1 saturated heterocycles. The first kappa shape index (κ1) is 27.9. The highest BCUT2D eigenvalue weighted by molar-refractivity contribution is 6.31. The lowest BCUT2D eigenvalue weighted by Crippen LogP contribution is -2.50. The molecule has 0 saturated carbocycles. The fraction of sp³-hybridized carbons (Fsp3) is 0.241. The number of likely N-dealkylation sites (tertiary alicyclic amines) is 1. The minimum Gasteiger partial charge on any atom is -0.465 e. The van der Waals surface area contributed by atoms with Crippen molar-refractivity contribution in [3.63, 3.8) is 0 Å². The highest BCUT2D eigenvalue weighted by Gasteiger charge is 2.51. The van der Waals surface area contributed by atoms with Crippen LogP contribution in [0.15, 0.2) is 66.7 Å². The van der Waals surface area contributed by atoms with Gasteiger partial charge in [0.05, 0.1) is 22.8 Å². The lowest BCUT2D eigenvalue weighted by molar-refractivity contribution is -0.133. The second-order valence-corrected chi connectivity index (χ2v) is 10.3. The Kier molecular flexibility index (Phi) is 7.55. The first-order valence-corrected chi connectivity index (χ1v) is 13.1. The van der Waals surface area contributed by atoms with Gasteiger partial charge in [-0.1, -0.05) is 41.9 Å². The first-order valence-electron chi connectivity index (χ1n) is 12.8. The second kappa shape index (κ2) is 11.1. The van der Waals surface area contributed by atoms with Crippen LogP contribution >= 0.6 is 11.6 Å². The number of carbonyl (C=O) groups excluding carboxylic acids is 3. The second-order valence-electron chi connectivity index (χ2n) is 9.91. The van der Waals surface area contributed by atoms with Crippen molar-refractivity contribution in [3.8, 4) is 0 Å². The number of nitrogens with one attached hydrogen (secondary N) is 2. The molecule has 1 spiro atoms. The third-order valence-corrected chi connectivity index (χ3v) is 7.60. The molecule has 4 amide bonds. The molecular weight excluding hydrogens is 555 g/mol. The summed E-state index contributed by atoms with van der Waals surface area (Å²) in [5.41, 5.74) is 0.274. The molecule has 0 bridgehead atoms. The highest BCUT2D eigenvalue weighted by atomic mass is 35.5. The van der Waals surface area contributed by atoms with E-state index in [4.69, 9.17) is 16.3 Å². The zero-order valence-electron chi connectivity index (χ0n) is 21.9. The van der Waals surface area contributed by atoms with Gasteiger partial charge in [-0.3, -0.25) is 19.8 Å². The number of rotatable bonds is 6. The smallest absolute Gasteiger partial charge is 0.412 e. The Morgan fingerprint density at radius 2 is 1.85 bits per heavy atom. The van der Waals surface area contributed by atoms with Crippen LogP contribution in [0.2, 0.25) is 5.02 Å². The summed E-state index contributed by atoms with van der Waals surface area (Å²) in [5, 5.41) is 14.3. The zero-order chi connectivity index (χ0) is 29.3. The van der Waals surface area contributed by atoms with Gasteiger partial charge in [0.15, 0.2) is 11.4 Å². The number of carboxylic acid groups (broad SMARTS) is 1. The summed E-state index contributed by atoms with van der Waals surface area (Å²) in [5.74, 6) is -1.70. The SMILES string of the molecule is CN(C(=O)O)c1ccc(C(=O)N[C@@H](Cc2ccccc2)C(=O)N2CC[C@@]3(C2)OC(=O)Nc2ccc(Cl)c(F)c23)cc1. The van der Waals surface area contributed by atoms with Crippen LogP contribution < -0.4 is 15.5 Å². The molecule has 2 aliphatic heterocycles. The number of halogens is 2. The minimum absolute atomic E-state index is 0.0787. The van der Waals surface area contributed by atoms with Crippen molar-refractivity contribution in [2.45, 2.75) is 24.5 Å². The van der Waals surface area contributed by atoms with Crippen molar-refractivity contribution < 1.29 is 33.4 Å². The molecule has 0 unspecified atom stereocenters. The van der Waals surface area contributed by atoms with E-state index in [1.54, 1.807) is 0 Å². The van der Waals surface area contributed by atoms with Gasteiger partial charge in [0, 0.05) is 37.7 Å². The summed E-state index contributed by atoms with van der Waals surface area (Å²) in [6, 6.07) is 16.9. The molecule has 1 fully saturated rings. The number of fused-ring (bicyclic) bond motifs is 2. The predicted octanol–water partition coefficient (Wildman–Crippen LogP) is 4.62. The van der Waals surface area contributed by atoms with Gasteiger partial charge in [0.2, 0.25) is 5.91 Å². The van der Waals surface area contributed by atoms with E-state index in [9.17, 15) is 24.3 Å². The Morgan fingerprint density at radius 1 is 1.15 bits per heavy atom. The molecule has 2 atom stereocenters. The van der Waals surface area contributed by atoms with E-state index in [1.165, 1.54) is 48.3 Å². The number of benzene rings is 3. The number of carbonyl (C=O) groups is 4. The van der Waals surface area contributed by atoms with E-state index >= 15 is 4.39 Å². The maximum atomic E-state index is 15.2. The van der Waals surface area contributed by atoms with E-state index < -0.39 is 41.5 Å². The number of amides is 4. The Labute approximate surface area is 239 Å². The van der Waals surface area contributed by atoms with Crippen LogP contribution in [0.1, 0.15) is 27.9 Å². The monoisotopic (exact) mass is 580 g/mol. The van der Waals surface area contributed by atoms with Gasteiger partial charge in [-0.25, -0.2) is 14.0 Å². The molecule has 2 aliphatic rings. The van der Waals surface area contributed by atoms with Gasteiger partial charge >= 0.3 is 12.2 Å². The first-order chi connectivity index (χ1) is 19.6. The van der Waals surface area contributed by atoms with E-state index in [1.807, 2.05) is 30.3 Å². The standard InChI is InChI=1S/C29H26ClFN4O6/c1-34(28(39)40)19-9-7-18(8-10-19)25(36)32-22(15-17-5-3-2-4-6-17)26(37)35-14-13-29(16-35)23-21(33-27(38)41-29)12-11-20(30)24(23)31/h2-12,22H,13-16H2,1H3,(H,32,36)(H,33,38)(H,39,40)/t22-,29-/m0/s1. The quantitative estimate of drug-likeness (QED) is 0.390. The Bertz CT molecular complexity index is 1520. The van der Waals surface area contributed by atoms with Crippen LogP contribution in [0.4, 0.5) is 25.4 Å². The zero-order valence-corrected chi connectivity index (χ0v) is 22.7. The molecular formula is C29H26ClFN4O6. The number of nitrogens with zero attached hydrogens (tertiary/aromatic N) is 2. The molecule has 0 aromatic heterocycles. The van der Waals surface area contributed by atoms with Crippen LogP contribution in [-0.4, -0.2) is 60.2 Å². The molecule has 41 heavy (non-hydrogen) atoms. The predicted molar refractivity (Wildman–Crippen MR) is 149 cm³/mol. The Balaban J connectivity index is 1.40. The summed E-state index contributed by atoms with van der Waals surface area (Å²) in [6.45, 7) is 0.0236. The topological polar surface area (TPSA) is 128 Å². The molecule has 3 aromatic rings. The molecule has 3 N–H and O–H groups in total. The lowest BCUT2D eigenvalue weighted by atomic mass is 9.89. The van der Waals surface area contributed by atoms with Crippen LogP contribution in [0, 0.1) is 5.82 Å².